The minimum absolute atomic E-state index is 0. The van der Waals surface area contributed by atoms with Crippen molar-refractivity contribution >= 4 is 23.5 Å². The number of ether oxygens (including phenoxy) is 1. The van der Waals surface area contributed by atoms with Gasteiger partial charge in [0.2, 0.25) is 0 Å². The van der Waals surface area contributed by atoms with E-state index in [0.29, 0.717) is 18.6 Å². The third kappa shape index (κ3) is 2.70. The van der Waals surface area contributed by atoms with E-state index < -0.39 is 0 Å². The summed E-state index contributed by atoms with van der Waals surface area (Å²) >= 11 is 0. The minimum Gasteiger partial charge on any atom is -0.450 e. The first kappa shape index (κ1) is 12.2. The maximum atomic E-state index is 5.56. The van der Waals surface area contributed by atoms with Crippen molar-refractivity contribution in [3.8, 4) is 6.08 Å². The number of fused-ring (bicyclic) bond motifs is 1. The second kappa shape index (κ2) is 5.38. The molecule has 0 spiro atoms. The maximum Gasteiger partial charge on any atom is 0.394 e. The third-order valence-corrected chi connectivity index (χ3v) is 2.88. The largest absolute Gasteiger partial charge is 0.450 e. The molecule has 1 saturated heterocycles. The molecule has 0 radical (unpaired) electrons. The van der Waals surface area contributed by atoms with Gasteiger partial charge in [0, 0.05) is 12.5 Å². The van der Waals surface area contributed by atoms with Gasteiger partial charge in [-0.05, 0) is 25.1 Å². The highest BCUT2D eigenvalue weighted by Crippen LogP contribution is 2.20. The van der Waals surface area contributed by atoms with E-state index in [2.05, 4.69) is 10.3 Å². The molecule has 0 bridgehead atoms. The van der Waals surface area contributed by atoms with Gasteiger partial charge < -0.3 is 14.5 Å². The Hall–Kier alpha value is -1.26. The van der Waals surface area contributed by atoms with Crippen molar-refractivity contribution in [3.05, 3.63) is 24.3 Å². The van der Waals surface area contributed by atoms with Crippen LogP contribution in [0.15, 0.2) is 28.7 Å². The lowest BCUT2D eigenvalue weighted by Gasteiger charge is -2.06. The van der Waals surface area contributed by atoms with Crippen LogP contribution in [0.2, 0.25) is 0 Å². The van der Waals surface area contributed by atoms with Gasteiger partial charge in [0.1, 0.15) is 5.52 Å². The Labute approximate surface area is 106 Å². The van der Waals surface area contributed by atoms with E-state index in [1.807, 2.05) is 24.3 Å². The SMILES string of the molecule is Cl.c1ccc2oc(OCC3CCNC3)nc2c1. The molecule has 1 aliphatic rings. The summed E-state index contributed by atoms with van der Waals surface area (Å²) < 4.78 is 11.0. The van der Waals surface area contributed by atoms with Crippen molar-refractivity contribution in [2.45, 2.75) is 6.42 Å². The zero-order chi connectivity index (χ0) is 10.8. The van der Waals surface area contributed by atoms with Crippen LogP contribution in [0.5, 0.6) is 6.08 Å². The lowest BCUT2D eigenvalue weighted by atomic mass is 10.1. The Morgan fingerprint density at radius 3 is 3.06 bits per heavy atom. The quantitative estimate of drug-likeness (QED) is 0.913. The molecule has 2 aromatic rings. The molecule has 4 nitrogen and oxygen atoms in total. The molecule has 92 valence electrons. The molecule has 3 rings (SSSR count). The number of halogens is 1. The summed E-state index contributed by atoms with van der Waals surface area (Å²) in [6.45, 7) is 2.79. The molecule has 1 fully saturated rings. The van der Waals surface area contributed by atoms with Crippen LogP contribution in [0, 0.1) is 5.92 Å². The fourth-order valence-corrected chi connectivity index (χ4v) is 1.96. The zero-order valence-electron chi connectivity index (χ0n) is 9.39. The van der Waals surface area contributed by atoms with Gasteiger partial charge >= 0.3 is 6.08 Å². The molecular formula is C12H15ClN2O2. The van der Waals surface area contributed by atoms with Gasteiger partial charge in [0.15, 0.2) is 5.58 Å². The molecule has 5 heteroatoms. The van der Waals surface area contributed by atoms with E-state index in [0.717, 1.165) is 24.2 Å². The standard InChI is InChI=1S/C12H14N2O2.ClH/c1-2-4-11-10(3-1)14-12(16-11)15-8-9-5-6-13-7-9;/h1-4,9,13H,5-8H2;1H. The highest BCUT2D eigenvalue weighted by atomic mass is 35.5. The van der Waals surface area contributed by atoms with Crippen molar-refractivity contribution in [2.24, 2.45) is 5.92 Å². The summed E-state index contributed by atoms with van der Waals surface area (Å²) in [6, 6.07) is 7.68. The Morgan fingerprint density at radius 1 is 1.41 bits per heavy atom. The van der Waals surface area contributed by atoms with Crippen LogP contribution in [0.25, 0.3) is 11.1 Å². The highest BCUT2D eigenvalue weighted by molar-refractivity contribution is 5.85. The second-order valence-corrected chi connectivity index (χ2v) is 4.12. The van der Waals surface area contributed by atoms with Crippen molar-refractivity contribution in [1.29, 1.82) is 0 Å². The van der Waals surface area contributed by atoms with Gasteiger partial charge in [-0.1, -0.05) is 12.1 Å². The number of oxazole rings is 1. The number of nitrogens with one attached hydrogen (secondary N) is 1. The van der Waals surface area contributed by atoms with E-state index in [1.54, 1.807) is 0 Å². The van der Waals surface area contributed by atoms with Crippen LogP contribution in [0.4, 0.5) is 0 Å². The van der Waals surface area contributed by atoms with E-state index in [-0.39, 0.29) is 12.4 Å². The van der Waals surface area contributed by atoms with Crippen molar-refractivity contribution in [1.82, 2.24) is 10.3 Å². The Kier molecular flexibility index (Phi) is 3.86. The fraction of sp³-hybridized carbons (Fsp3) is 0.417. The average molecular weight is 255 g/mol. The van der Waals surface area contributed by atoms with E-state index >= 15 is 0 Å². The minimum atomic E-state index is 0. The third-order valence-electron chi connectivity index (χ3n) is 2.88. The summed E-state index contributed by atoms with van der Waals surface area (Å²) in [5.74, 6) is 0.579. The molecule has 1 N–H and O–H groups in total. The van der Waals surface area contributed by atoms with Crippen LogP contribution >= 0.6 is 12.4 Å². The summed E-state index contributed by atoms with van der Waals surface area (Å²) in [5, 5.41) is 3.30. The predicted molar refractivity (Wildman–Crippen MR) is 67.7 cm³/mol. The number of benzene rings is 1. The van der Waals surface area contributed by atoms with Gasteiger partial charge in [0.05, 0.1) is 6.61 Å². The number of hydrogen-bond donors (Lipinski definition) is 1. The van der Waals surface area contributed by atoms with Crippen LogP contribution in [-0.2, 0) is 0 Å². The summed E-state index contributed by atoms with van der Waals surface area (Å²) in [4.78, 5) is 4.26. The number of rotatable bonds is 3. The van der Waals surface area contributed by atoms with Crippen LogP contribution in [-0.4, -0.2) is 24.7 Å². The normalized spacial score (nSPS) is 19.2. The van der Waals surface area contributed by atoms with E-state index in [1.165, 1.54) is 6.42 Å². The zero-order valence-corrected chi connectivity index (χ0v) is 10.2. The van der Waals surface area contributed by atoms with E-state index in [9.17, 15) is 0 Å². The van der Waals surface area contributed by atoms with Gasteiger partial charge in [-0.25, -0.2) is 0 Å². The summed E-state index contributed by atoms with van der Waals surface area (Å²) in [7, 11) is 0. The smallest absolute Gasteiger partial charge is 0.394 e. The topological polar surface area (TPSA) is 47.3 Å². The first-order chi connectivity index (χ1) is 7.92. The Morgan fingerprint density at radius 2 is 2.29 bits per heavy atom. The molecule has 1 aromatic carbocycles. The Balaban J connectivity index is 0.00000108. The molecule has 1 atom stereocenters. The first-order valence-electron chi connectivity index (χ1n) is 5.61. The average Bonchev–Trinajstić information content (AvgIpc) is 2.95. The first-order valence-corrected chi connectivity index (χ1v) is 5.61. The number of para-hydroxylation sites is 2. The molecule has 1 aromatic heterocycles. The van der Waals surface area contributed by atoms with Crippen LogP contribution in [0.3, 0.4) is 0 Å². The highest BCUT2D eigenvalue weighted by Gasteiger charge is 2.16. The number of nitrogens with zero attached hydrogens (tertiary/aromatic N) is 1. The predicted octanol–water partition coefficient (Wildman–Crippen LogP) is 2.24. The second-order valence-electron chi connectivity index (χ2n) is 4.12. The van der Waals surface area contributed by atoms with Crippen molar-refractivity contribution < 1.29 is 9.15 Å². The molecule has 0 amide bonds. The molecule has 0 saturated carbocycles. The molecule has 2 heterocycles. The van der Waals surface area contributed by atoms with Gasteiger partial charge in [-0.2, -0.15) is 4.98 Å². The molecule has 1 unspecified atom stereocenters. The lowest BCUT2D eigenvalue weighted by molar-refractivity contribution is 0.200. The monoisotopic (exact) mass is 254 g/mol. The maximum absolute atomic E-state index is 5.56. The van der Waals surface area contributed by atoms with Gasteiger partial charge in [0.25, 0.3) is 0 Å². The van der Waals surface area contributed by atoms with Crippen LogP contribution < -0.4 is 10.1 Å². The fourth-order valence-electron chi connectivity index (χ4n) is 1.96. The van der Waals surface area contributed by atoms with Crippen molar-refractivity contribution in [2.75, 3.05) is 19.7 Å². The molecule has 17 heavy (non-hydrogen) atoms. The summed E-state index contributed by atoms with van der Waals surface area (Å²) in [5.41, 5.74) is 1.63. The molecule has 0 aliphatic carbocycles. The van der Waals surface area contributed by atoms with Gasteiger partial charge in [-0.15, -0.1) is 12.4 Å². The molecule has 1 aliphatic heterocycles. The summed E-state index contributed by atoms with van der Waals surface area (Å²) in [6.07, 6.45) is 1.55. The number of hydrogen-bond acceptors (Lipinski definition) is 4. The van der Waals surface area contributed by atoms with Crippen LogP contribution in [0.1, 0.15) is 6.42 Å². The van der Waals surface area contributed by atoms with Crippen molar-refractivity contribution in [3.63, 3.8) is 0 Å². The number of aromatic nitrogens is 1. The van der Waals surface area contributed by atoms with Gasteiger partial charge in [-0.3, -0.25) is 0 Å². The van der Waals surface area contributed by atoms with E-state index in [4.69, 9.17) is 9.15 Å². The Bertz CT molecular complexity index is 447. The molecular weight excluding hydrogens is 240 g/mol. The lowest BCUT2D eigenvalue weighted by Crippen LogP contribution is -2.15.